The summed E-state index contributed by atoms with van der Waals surface area (Å²) in [6.45, 7) is 3.59. The standard InChI is InChI=1S/C25H35N3O6S/c1-18-15-21(16-25(30)34-18)28(2)13-11-23(29)26-12-4-14-33-22-8-5-19(6-9-22)20-7-10-24(27-17-20)35(3,31)32/h5-10,17-18,21,25,30H,4,11-16H2,1-3H3,(H,26,29)/t18-,21+,25-/m1/s1. The van der Waals surface area contributed by atoms with E-state index in [-0.39, 0.29) is 23.1 Å². The first-order valence-corrected chi connectivity index (χ1v) is 13.7. The van der Waals surface area contributed by atoms with Gasteiger partial charge >= 0.3 is 0 Å². The van der Waals surface area contributed by atoms with Crippen molar-refractivity contribution in [1.82, 2.24) is 15.2 Å². The Morgan fingerprint density at radius 2 is 1.91 bits per heavy atom. The quantitative estimate of drug-likeness (QED) is 0.447. The van der Waals surface area contributed by atoms with Gasteiger partial charge in [-0.25, -0.2) is 13.4 Å². The molecule has 1 aromatic carbocycles. The number of carbonyl (C=O) groups is 1. The number of aliphatic hydroxyl groups excluding tert-OH is 1. The van der Waals surface area contributed by atoms with Gasteiger partial charge in [0.15, 0.2) is 21.2 Å². The third-order valence-electron chi connectivity index (χ3n) is 6.00. The third-order valence-corrected chi connectivity index (χ3v) is 7.00. The minimum Gasteiger partial charge on any atom is -0.494 e. The van der Waals surface area contributed by atoms with E-state index in [2.05, 4.69) is 15.2 Å². The number of aromatic nitrogens is 1. The first-order chi connectivity index (χ1) is 16.6. The van der Waals surface area contributed by atoms with Crippen molar-refractivity contribution in [2.75, 3.05) is 33.0 Å². The molecule has 3 atom stereocenters. The van der Waals surface area contributed by atoms with E-state index in [0.29, 0.717) is 39.0 Å². The molecule has 1 aliphatic heterocycles. The van der Waals surface area contributed by atoms with E-state index in [1.807, 2.05) is 38.2 Å². The number of carbonyl (C=O) groups excluding carboxylic acids is 1. The smallest absolute Gasteiger partial charge is 0.221 e. The molecule has 1 aliphatic rings. The molecule has 0 unspecified atom stereocenters. The zero-order valence-electron chi connectivity index (χ0n) is 20.5. The Labute approximate surface area is 207 Å². The molecule has 3 rings (SSSR count). The molecule has 0 bridgehead atoms. The summed E-state index contributed by atoms with van der Waals surface area (Å²) in [5, 5.41) is 12.7. The maximum Gasteiger partial charge on any atom is 0.221 e. The van der Waals surface area contributed by atoms with Gasteiger partial charge in [-0.3, -0.25) is 4.79 Å². The van der Waals surface area contributed by atoms with Gasteiger partial charge in [-0.05, 0) is 56.6 Å². The van der Waals surface area contributed by atoms with Crippen LogP contribution in [0.5, 0.6) is 5.75 Å². The van der Waals surface area contributed by atoms with E-state index in [4.69, 9.17) is 9.47 Å². The van der Waals surface area contributed by atoms with Crippen LogP contribution in [0, 0.1) is 0 Å². The summed E-state index contributed by atoms with van der Waals surface area (Å²) >= 11 is 0. The highest BCUT2D eigenvalue weighted by Crippen LogP contribution is 2.23. The Hall–Kier alpha value is -2.53. The normalized spacial score (nSPS) is 20.5. The molecule has 1 fully saturated rings. The third kappa shape index (κ3) is 8.57. The molecule has 0 saturated carbocycles. The summed E-state index contributed by atoms with van der Waals surface area (Å²) < 4.78 is 34.2. The molecule has 0 spiro atoms. The summed E-state index contributed by atoms with van der Waals surface area (Å²) in [6, 6.07) is 10.9. The van der Waals surface area contributed by atoms with E-state index in [1.165, 1.54) is 6.07 Å². The highest BCUT2D eigenvalue weighted by Gasteiger charge is 2.28. The van der Waals surface area contributed by atoms with Crippen molar-refractivity contribution < 1.29 is 27.8 Å². The van der Waals surface area contributed by atoms with Crippen molar-refractivity contribution in [2.24, 2.45) is 0 Å². The number of sulfone groups is 1. The average Bonchev–Trinajstić information content (AvgIpc) is 2.81. The molecule has 0 radical (unpaired) electrons. The SMILES string of the molecule is C[C@@H]1C[C@H](N(C)CCC(=O)NCCCOc2ccc(-c3ccc(S(C)(=O)=O)nc3)cc2)C[C@H](O)O1. The van der Waals surface area contributed by atoms with Crippen molar-refractivity contribution in [3.63, 3.8) is 0 Å². The van der Waals surface area contributed by atoms with Crippen molar-refractivity contribution in [1.29, 1.82) is 0 Å². The largest absolute Gasteiger partial charge is 0.494 e. The molecule has 1 amide bonds. The summed E-state index contributed by atoms with van der Waals surface area (Å²) in [5.74, 6) is 0.715. The van der Waals surface area contributed by atoms with Gasteiger partial charge in [0.25, 0.3) is 0 Å². The predicted molar refractivity (Wildman–Crippen MR) is 133 cm³/mol. The van der Waals surface area contributed by atoms with Crippen LogP contribution in [0.15, 0.2) is 47.6 Å². The second kappa shape index (κ2) is 12.4. The van der Waals surface area contributed by atoms with Crippen LogP contribution in [-0.2, 0) is 19.4 Å². The number of benzene rings is 1. The van der Waals surface area contributed by atoms with Crippen LogP contribution in [0.25, 0.3) is 11.1 Å². The van der Waals surface area contributed by atoms with Crippen LogP contribution < -0.4 is 10.1 Å². The fourth-order valence-electron chi connectivity index (χ4n) is 4.00. The molecule has 9 nitrogen and oxygen atoms in total. The van der Waals surface area contributed by atoms with Gasteiger partial charge in [-0.2, -0.15) is 0 Å². The van der Waals surface area contributed by atoms with Gasteiger partial charge in [0.2, 0.25) is 5.91 Å². The molecule has 1 aromatic heterocycles. The number of amides is 1. The molecule has 2 heterocycles. The van der Waals surface area contributed by atoms with Crippen LogP contribution >= 0.6 is 0 Å². The van der Waals surface area contributed by atoms with Crippen molar-refractivity contribution in [3.8, 4) is 16.9 Å². The van der Waals surface area contributed by atoms with Crippen LogP contribution in [-0.4, -0.2) is 80.8 Å². The van der Waals surface area contributed by atoms with Crippen LogP contribution in [0.3, 0.4) is 0 Å². The number of pyridine rings is 1. The van der Waals surface area contributed by atoms with Gasteiger partial charge in [0.1, 0.15) is 5.75 Å². The second-order valence-corrected chi connectivity index (χ2v) is 11.0. The molecule has 10 heteroatoms. The van der Waals surface area contributed by atoms with Gasteiger partial charge in [0.05, 0.1) is 12.7 Å². The van der Waals surface area contributed by atoms with Crippen molar-refractivity contribution in [2.45, 2.75) is 56.1 Å². The first kappa shape index (κ1) is 27.1. The molecular formula is C25H35N3O6S. The number of ether oxygens (including phenoxy) is 2. The molecule has 0 aliphatic carbocycles. The summed E-state index contributed by atoms with van der Waals surface area (Å²) in [5.41, 5.74) is 1.73. The predicted octanol–water partition coefficient (Wildman–Crippen LogP) is 2.24. The highest BCUT2D eigenvalue weighted by atomic mass is 32.2. The van der Waals surface area contributed by atoms with E-state index in [0.717, 1.165) is 29.6 Å². The Morgan fingerprint density at radius 3 is 2.54 bits per heavy atom. The minimum absolute atomic E-state index is 0.00244. The lowest BCUT2D eigenvalue weighted by Crippen LogP contribution is -2.44. The monoisotopic (exact) mass is 505 g/mol. The Bertz CT molecular complexity index is 1050. The average molecular weight is 506 g/mol. The van der Waals surface area contributed by atoms with Crippen LogP contribution in [0.2, 0.25) is 0 Å². The minimum atomic E-state index is -3.32. The lowest BCUT2D eigenvalue weighted by molar-refractivity contribution is -0.173. The van der Waals surface area contributed by atoms with Gasteiger partial charge in [-0.15, -0.1) is 0 Å². The fraction of sp³-hybridized carbons (Fsp3) is 0.520. The zero-order chi connectivity index (χ0) is 25.4. The summed E-state index contributed by atoms with van der Waals surface area (Å²) in [7, 11) is -1.34. The van der Waals surface area contributed by atoms with Gasteiger partial charge in [0, 0.05) is 50.0 Å². The number of aliphatic hydroxyl groups is 1. The van der Waals surface area contributed by atoms with Crippen LogP contribution in [0.4, 0.5) is 0 Å². The number of nitrogens with zero attached hydrogens (tertiary/aromatic N) is 2. The van der Waals surface area contributed by atoms with Crippen molar-refractivity contribution in [3.05, 3.63) is 42.6 Å². The maximum absolute atomic E-state index is 12.1. The Kier molecular flexibility index (Phi) is 9.62. The molecule has 2 aromatic rings. The second-order valence-electron chi connectivity index (χ2n) is 8.99. The zero-order valence-corrected chi connectivity index (χ0v) is 21.3. The molecular weight excluding hydrogens is 470 g/mol. The number of nitrogens with one attached hydrogen (secondary N) is 1. The molecule has 1 saturated heterocycles. The van der Waals surface area contributed by atoms with E-state index in [1.54, 1.807) is 12.3 Å². The lowest BCUT2D eigenvalue weighted by atomic mass is 10.0. The fourth-order valence-corrected chi connectivity index (χ4v) is 4.56. The Balaban J connectivity index is 1.32. The lowest BCUT2D eigenvalue weighted by Gasteiger charge is -2.36. The van der Waals surface area contributed by atoms with Crippen molar-refractivity contribution >= 4 is 15.7 Å². The van der Waals surface area contributed by atoms with Crippen LogP contribution in [0.1, 0.15) is 32.6 Å². The topological polar surface area (TPSA) is 118 Å². The highest BCUT2D eigenvalue weighted by molar-refractivity contribution is 7.90. The van der Waals surface area contributed by atoms with Gasteiger partial charge in [-0.1, -0.05) is 12.1 Å². The molecule has 35 heavy (non-hydrogen) atoms. The van der Waals surface area contributed by atoms with E-state index >= 15 is 0 Å². The molecule has 2 N–H and O–H groups in total. The first-order valence-electron chi connectivity index (χ1n) is 11.8. The summed E-state index contributed by atoms with van der Waals surface area (Å²) in [4.78, 5) is 18.3. The number of hydrogen-bond acceptors (Lipinski definition) is 8. The van der Waals surface area contributed by atoms with E-state index < -0.39 is 16.1 Å². The number of hydrogen-bond donors (Lipinski definition) is 2. The molecule has 192 valence electrons. The van der Waals surface area contributed by atoms with E-state index in [9.17, 15) is 18.3 Å². The van der Waals surface area contributed by atoms with Gasteiger partial charge < -0.3 is 24.8 Å². The summed E-state index contributed by atoms with van der Waals surface area (Å²) in [6.07, 6.45) is 4.45. The maximum atomic E-state index is 12.1. The Morgan fingerprint density at radius 1 is 1.20 bits per heavy atom. The number of rotatable bonds is 11.